The van der Waals surface area contributed by atoms with E-state index in [0.29, 0.717) is 41.5 Å². The Morgan fingerprint density at radius 2 is 0.951 bits per heavy atom. The van der Waals surface area contributed by atoms with Crippen molar-refractivity contribution in [1.82, 2.24) is 18.9 Å². The van der Waals surface area contributed by atoms with E-state index in [1.54, 1.807) is 59.1 Å². The van der Waals surface area contributed by atoms with E-state index in [2.05, 4.69) is 83.6 Å². The molecule has 2 aliphatic heterocycles. The molecule has 0 bridgehead atoms. The van der Waals surface area contributed by atoms with Gasteiger partial charge in [-0.3, -0.25) is 28.5 Å². The van der Waals surface area contributed by atoms with Crippen LogP contribution < -0.4 is 69.8 Å². The first-order chi connectivity index (χ1) is 39.8. The van der Waals surface area contributed by atoms with E-state index < -0.39 is 12.3 Å². The largest absolute Gasteiger partial charge is 1.00 e. The fourth-order valence-corrected chi connectivity index (χ4v) is 11.7. The summed E-state index contributed by atoms with van der Waals surface area (Å²) in [5, 5.41) is 17.0. The average Bonchev–Trinajstić information content (AvgIpc) is 4.36. The zero-order chi connectivity index (χ0) is 56.3. The van der Waals surface area contributed by atoms with E-state index in [-0.39, 0.29) is 54.1 Å². The van der Waals surface area contributed by atoms with Crippen molar-refractivity contribution in [3.8, 4) is 17.2 Å². The molecule has 0 saturated carbocycles. The molecule has 17 nitrogen and oxygen atoms in total. The maximum atomic E-state index is 12.6. The van der Waals surface area contributed by atoms with Gasteiger partial charge in [0.2, 0.25) is 0 Å². The number of para-hydroxylation sites is 1. The maximum Gasteiger partial charge on any atom is 1.00 e. The number of ether oxygens (including phenoxy) is 6. The second-order valence-electron chi connectivity index (χ2n) is 19.3. The van der Waals surface area contributed by atoms with Crippen LogP contribution in [0.3, 0.4) is 0 Å². The van der Waals surface area contributed by atoms with Gasteiger partial charge in [-0.25, -0.2) is 9.59 Å². The first kappa shape index (κ1) is 61.1. The van der Waals surface area contributed by atoms with Crippen LogP contribution in [0.1, 0.15) is 25.7 Å². The van der Waals surface area contributed by atoms with Gasteiger partial charge in [0.25, 0.3) is 11.1 Å². The Morgan fingerprint density at radius 3 is 1.41 bits per heavy atom. The quantitative estimate of drug-likeness (QED) is 0.0342. The molecular weight excluding hydrogens is 1090 g/mol. The summed E-state index contributed by atoms with van der Waals surface area (Å²) in [5.41, 5.74) is 3.43. The summed E-state index contributed by atoms with van der Waals surface area (Å²) in [4.78, 5) is 58.5. The van der Waals surface area contributed by atoms with Crippen LogP contribution in [-0.2, 0) is 27.7 Å². The minimum absolute atomic E-state index is 0. The monoisotopic (exact) mass is 1160 g/mol. The molecule has 0 N–H and O–H groups in total. The maximum absolute atomic E-state index is 12.6. The van der Waals surface area contributed by atoms with Crippen LogP contribution in [0.4, 0.5) is 21.0 Å². The third-order valence-electron chi connectivity index (χ3n) is 14.3. The van der Waals surface area contributed by atoms with Gasteiger partial charge < -0.3 is 43.3 Å². The fourth-order valence-electron chi connectivity index (χ4n) is 10.1. The predicted molar refractivity (Wildman–Crippen MR) is 320 cm³/mol. The van der Waals surface area contributed by atoms with Crippen molar-refractivity contribution >= 4 is 88.3 Å². The van der Waals surface area contributed by atoms with Gasteiger partial charge in [0.1, 0.15) is 17.2 Å². The summed E-state index contributed by atoms with van der Waals surface area (Å²) >= 11 is 3.60. The summed E-state index contributed by atoms with van der Waals surface area (Å²) in [7, 11) is 1.98. The predicted octanol–water partition coefficient (Wildman–Crippen LogP) is 7.29. The molecule has 5 aromatic carbocycles. The van der Waals surface area contributed by atoms with Crippen molar-refractivity contribution in [2.24, 2.45) is 0 Å². The summed E-state index contributed by atoms with van der Waals surface area (Å²) in [6.45, 7) is 11.2. The minimum atomic E-state index is -0.876. The van der Waals surface area contributed by atoms with Crippen LogP contribution in [0.15, 0.2) is 160 Å². The molecule has 6 heterocycles. The number of rotatable bonds is 19. The van der Waals surface area contributed by atoms with Crippen molar-refractivity contribution in [2.75, 3.05) is 103 Å². The molecule has 2 fully saturated rings. The number of hydrogen-bond acceptors (Lipinski definition) is 17. The van der Waals surface area contributed by atoms with Gasteiger partial charge >= 0.3 is 41.9 Å². The van der Waals surface area contributed by atoms with Crippen LogP contribution in [0, 0.1) is 0 Å². The SMILES string of the molecule is COC(=O)OCn1c(=O)ccc2ccc(OCCCCN3CCN(c4cccc5sccc45)CC3)cc21.C[O-].O=C(OCn1c(=O)ccc2ccc(OCCCCN3CCN(c4cccc5sccc45)CC3)cc21)Oc1ccccc1.[Na+]. The average molecular weight is 1160 g/mol. The summed E-state index contributed by atoms with van der Waals surface area (Å²) in [5.74, 6) is 1.73. The molecule has 0 radical (unpaired) electrons. The topological polar surface area (TPSA) is 170 Å². The number of piperazine rings is 2. The molecular formula is C62H67N6NaO11S2. The number of thiophene rings is 2. The Morgan fingerprint density at radius 1 is 0.500 bits per heavy atom. The molecule has 20 heteroatoms. The Balaban J connectivity index is 0.000000208. The number of carbonyl (C=O) groups excluding carboxylic acids is 2. The molecule has 0 atom stereocenters. The molecule has 424 valence electrons. The molecule has 9 aromatic rings. The van der Waals surface area contributed by atoms with Gasteiger partial charge in [0.05, 0.1) is 31.4 Å². The van der Waals surface area contributed by atoms with Crippen LogP contribution >= 0.6 is 22.7 Å². The van der Waals surface area contributed by atoms with E-state index >= 15 is 0 Å². The Bertz CT molecular complexity index is 3620. The second-order valence-corrected chi connectivity index (χ2v) is 21.2. The number of anilines is 2. The Hall–Kier alpha value is -6.94. The smallest absolute Gasteiger partial charge is 0.857 e. The number of carbonyl (C=O) groups is 2. The molecule has 2 saturated heterocycles. The third kappa shape index (κ3) is 16.2. The van der Waals surface area contributed by atoms with Crippen molar-refractivity contribution in [1.29, 1.82) is 0 Å². The molecule has 0 aliphatic carbocycles. The number of pyridine rings is 2. The van der Waals surface area contributed by atoms with E-state index in [9.17, 15) is 19.2 Å². The number of benzene rings is 5. The van der Waals surface area contributed by atoms with Gasteiger partial charge in [-0.1, -0.05) is 30.3 Å². The van der Waals surface area contributed by atoms with Gasteiger partial charge in [0.15, 0.2) is 13.5 Å². The van der Waals surface area contributed by atoms with Crippen LogP contribution in [0.25, 0.3) is 42.0 Å². The van der Waals surface area contributed by atoms with Crippen molar-refractivity contribution in [3.05, 3.63) is 171 Å². The normalized spacial score (nSPS) is 13.6. The van der Waals surface area contributed by atoms with Crippen molar-refractivity contribution < 1.29 is 72.7 Å². The number of nitrogens with zero attached hydrogens (tertiary/aromatic N) is 6. The fraction of sp³-hybridized carbons (Fsp3) is 0.323. The summed E-state index contributed by atoms with van der Waals surface area (Å²) < 4.78 is 37.4. The van der Waals surface area contributed by atoms with Crippen molar-refractivity contribution in [2.45, 2.75) is 39.1 Å². The number of aromatic nitrogens is 2. The van der Waals surface area contributed by atoms with Crippen LogP contribution in [-0.4, -0.2) is 124 Å². The number of hydrogen-bond donors (Lipinski definition) is 0. The Labute approximate surface area is 506 Å². The number of unbranched alkanes of at least 4 members (excludes halogenated alkanes) is 2. The molecule has 82 heavy (non-hydrogen) atoms. The molecule has 0 spiro atoms. The van der Waals surface area contributed by atoms with Crippen molar-refractivity contribution in [3.63, 3.8) is 0 Å². The molecule has 2 aliphatic rings. The molecule has 11 rings (SSSR count). The summed E-state index contributed by atoms with van der Waals surface area (Å²) in [6.07, 6.45) is 2.28. The second kappa shape index (κ2) is 30.9. The van der Waals surface area contributed by atoms with Crippen LogP contribution in [0.2, 0.25) is 0 Å². The van der Waals surface area contributed by atoms with Crippen LogP contribution in [0.5, 0.6) is 17.2 Å². The molecule has 0 amide bonds. The van der Waals surface area contributed by atoms with Gasteiger partial charge in [0, 0.05) is 108 Å². The minimum Gasteiger partial charge on any atom is -0.857 e. The van der Waals surface area contributed by atoms with E-state index in [1.807, 2.05) is 42.5 Å². The third-order valence-corrected chi connectivity index (χ3v) is 16.1. The summed E-state index contributed by atoms with van der Waals surface area (Å²) in [6, 6.07) is 43.9. The van der Waals surface area contributed by atoms with Gasteiger partial charge in [-0.2, -0.15) is 7.11 Å². The zero-order valence-corrected chi connectivity index (χ0v) is 50.3. The number of fused-ring (bicyclic) bond motifs is 4. The molecule has 4 aromatic heterocycles. The zero-order valence-electron chi connectivity index (χ0n) is 46.7. The van der Waals surface area contributed by atoms with E-state index in [0.717, 1.165) is 109 Å². The molecule has 0 unspecified atom stereocenters. The first-order valence-electron chi connectivity index (χ1n) is 27.2. The van der Waals surface area contributed by atoms with Gasteiger partial charge in [-0.05, 0) is 145 Å². The van der Waals surface area contributed by atoms with E-state index in [4.69, 9.17) is 28.8 Å². The standard InChI is InChI=1S/C33H33N3O5S.C28H31N3O5S.CH3O.Na/c37-32-14-12-25-11-13-27(23-30(25)36(32)24-40-33(38)41-26-7-2-1-3-8-26)39-21-5-4-16-34-17-19-35(20-18-34)29-9-6-10-31-28(29)15-22-42-31;1-34-28(33)36-20-31-25-19-22(9-7-21(25)8-10-27(31)32)35-17-3-2-12-29-13-15-30(16-14-29)24-5-4-6-26-23(24)11-18-37-26;1-2;/h1-3,6-15,22-23H,4-5,16-21,24H2;4-11,18-19H,2-3,12-17,20H2,1H3;1H3;/q;;-1;+1. The van der Waals surface area contributed by atoms with Gasteiger partial charge in [-0.15, -0.1) is 22.7 Å². The number of methoxy groups -OCH3 is 1. The Kier molecular flexibility index (Phi) is 23.1. The first-order valence-corrected chi connectivity index (χ1v) is 28.9. The van der Waals surface area contributed by atoms with E-state index in [1.165, 1.54) is 59.9 Å².